The van der Waals surface area contributed by atoms with Crippen molar-refractivity contribution in [1.82, 2.24) is 10.7 Å². The van der Waals surface area contributed by atoms with Crippen LogP contribution in [0, 0.1) is 0 Å². The predicted octanol–water partition coefficient (Wildman–Crippen LogP) is 1.46. The maximum atomic E-state index is 5.44. The maximum Gasteiger partial charge on any atom is 0.205 e. The summed E-state index contributed by atoms with van der Waals surface area (Å²) in [5.74, 6) is 7.54. The third kappa shape index (κ3) is 5.91. The second-order valence-electron chi connectivity index (χ2n) is 4.59. The molecule has 1 aromatic carbocycles. The lowest BCUT2D eigenvalue weighted by molar-refractivity contribution is 0.354. The van der Waals surface area contributed by atoms with Gasteiger partial charge in [0.25, 0.3) is 0 Å². The number of hydrazine groups is 1. The number of hydrogen-bond donors (Lipinski definition) is 3. The number of ether oxygens (including phenoxy) is 2. The number of unbranched alkanes of at least 4 members (excludes halogenated alkanes) is 1. The lowest BCUT2D eigenvalue weighted by Gasteiger charge is -2.11. The zero-order valence-corrected chi connectivity index (χ0v) is 13.1. The van der Waals surface area contributed by atoms with Crippen molar-refractivity contribution in [2.24, 2.45) is 10.8 Å². The molecule has 6 nitrogen and oxygen atoms in total. The summed E-state index contributed by atoms with van der Waals surface area (Å²) in [4.78, 5) is 4.35. The number of hydrogen-bond acceptors (Lipinski definition) is 4. The molecule has 0 aromatic heterocycles. The minimum absolute atomic E-state index is 0.629. The molecular weight excluding hydrogens is 268 g/mol. The van der Waals surface area contributed by atoms with E-state index in [1.54, 1.807) is 14.2 Å². The third-order valence-corrected chi connectivity index (χ3v) is 3.07. The van der Waals surface area contributed by atoms with Crippen LogP contribution in [-0.2, 0) is 6.42 Å². The van der Waals surface area contributed by atoms with Gasteiger partial charge in [-0.05, 0) is 30.5 Å². The van der Waals surface area contributed by atoms with Gasteiger partial charge in [0, 0.05) is 13.1 Å². The Hall–Kier alpha value is -1.95. The summed E-state index contributed by atoms with van der Waals surface area (Å²) in [5, 5.41) is 3.18. The molecular formula is C15H26N4O2. The summed E-state index contributed by atoms with van der Waals surface area (Å²) in [5.41, 5.74) is 3.74. The molecule has 21 heavy (non-hydrogen) atoms. The molecule has 6 heteroatoms. The minimum atomic E-state index is 0.629. The van der Waals surface area contributed by atoms with Gasteiger partial charge in [0.1, 0.15) is 0 Å². The molecule has 0 bridgehead atoms. The van der Waals surface area contributed by atoms with Gasteiger partial charge in [-0.25, -0.2) is 5.84 Å². The third-order valence-electron chi connectivity index (χ3n) is 3.07. The second kappa shape index (κ2) is 9.88. The van der Waals surface area contributed by atoms with Gasteiger partial charge < -0.3 is 14.8 Å². The molecule has 0 fully saturated rings. The standard InChI is InChI=1S/C15H26N4O2/c1-4-5-9-17-15(19-16)18-10-8-12-6-7-13(20-2)14(11-12)21-3/h6-7,11H,4-5,8-10,16H2,1-3H3,(H2,17,18,19). The molecule has 118 valence electrons. The number of aliphatic imine (C=N–C) groups is 1. The zero-order valence-electron chi connectivity index (χ0n) is 13.1. The molecule has 4 N–H and O–H groups in total. The second-order valence-corrected chi connectivity index (χ2v) is 4.59. The Bertz CT molecular complexity index is 449. The van der Waals surface area contributed by atoms with Crippen molar-refractivity contribution in [2.75, 3.05) is 27.3 Å². The van der Waals surface area contributed by atoms with Gasteiger partial charge in [-0.3, -0.25) is 10.4 Å². The molecule has 0 spiro atoms. The summed E-state index contributed by atoms with van der Waals surface area (Å²) in [7, 11) is 3.27. The fourth-order valence-corrected chi connectivity index (χ4v) is 1.86. The van der Waals surface area contributed by atoms with Crippen LogP contribution in [0.3, 0.4) is 0 Å². The van der Waals surface area contributed by atoms with Crippen molar-refractivity contribution in [3.05, 3.63) is 23.8 Å². The molecule has 0 atom stereocenters. The largest absolute Gasteiger partial charge is 0.493 e. The van der Waals surface area contributed by atoms with E-state index in [9.17, 15) is 0 Å². The first-order chi connectivity index (χ1) is 10.2. The van der Waals surface area contributed by atoms with E-state index >= 15 is 0 Å². The lowest BCUT2D eigenvalue weighted by Crippen LogP contribution is -2.42. The highest BCUT2D eigenvalue weighted by molar-refractivity contribution is 5.79. The van der Waals surface area contributed by atoms with Gasteiger partial charge in [0.15, 0.2) is 11.5 Å². The van der Waals surface area contributed by atoms with Crippen molar-refractivity contribution in [2.45, 2.75) is 26.2 Å². The normalized spacial score (nSPS) is 11.1. The van der Waals surface area contributed by atoms with E-state index in [0.717, 1.165) is 49.4 Å². The molecule has 0 aliphatic carbocycles. The topological polar surface area (TPSA) is 80.9 Å². The van der Waals surface area contributed by atoms with Crippen molar-refractivity contribution in [1.29, 1.82) is 0 Å². The van der Waals surface area contributed by atoms with Gasteiger partial charge in [-0.1, -0.05) is 19.4 Å². The van der Waals surface area contributed by atoms with Crippen LogP contribution in [0.25, 0.3) is 0 Å². The van der Waals surface area contributed by atoms with Gasteiger partial charge in [0.05, 0.1) is 14.2 Å². The molecule has 0 unspecified atom stereocenters. The van der Waals surface area contributed by atoms with E-state index < -0.39 is 0 Å². The Balaban J connectivity index is 2.49. The van der Waals surface area contributed by atoms with Crippen LogP contribution >= 0.6 is 0 Å². The van der Waals surface area contributed by atoms with Gasteiger partial charge in [0.2, 0.25) is 5.96 Å². The average Bonchev–Trinajstić information content (AvgIpc) is 2.53. The highest BCUT2D eigenvalue weighted by Gasteiger charge is 2.04. The van der Waals surface area contributed by atoms with Crippen molar-refractivity contribution in [3.8, 4) is 11.5 Å². The van der Waals surface area contributed by atoms with E-state index in [4.69, 9.17) is 15.3 Å². The van der Waals surface area contributed by atoms with Crippen molar-refractivity contribution < 1.29 is 9.47 Å². The van der Waals surface area contributed by atoms with E-state index in [0.29, 0.717) is 5.96 Å². The van der Waals surface area contributed by atoms with Gasteiger partial charge >= 0.3 is 0 Å². The first-order valence-corrected chi connectivity index (χ1v) is 7.21. The summed E-state index contributed by atoms with van der Waals surface area (Å²) in [6.45, 7) is 3.65. The number of rotatable bonds is 8. The molecule has 0 aliphatic heterocycles. The maximum absolute atomic E-state index is 5.44. The monoisotopic (exact) mass is 294 g/mol. The van der Waals surface area contributed by atoms with Crippen molar-refractivity contribution >= 4 is 5.96 Å². The fourth-order valence-electron chi connectivity index (χ4n) is 1.86. The quantitative estimate of drug-likeness (QED) is 0.222. The fraction of sp³-hybridized carbons (Fsp3) is 0.533. The molecule has 0 saturated carbocycles. The van der Waals surface area contributed by atoms with Gasteiger partial charge in [-0.2, -0.15) is 0 Å². The van der Waals surface area contributed by atoms with Gasteiger partial charge in [-0.15, -0.1) is 0 Å². The van der Waals surface area contributed by atoms with E-state index in [2.05, 4.69) is 22.7 Å². The smallest absolute Gasteiger partial charge is 0.205 e. The SMILES string of the molecule is CCCCN=C(NN)NCCc1ccc(OC)c(OC)c1. The van der Waals surface area contributed by atoms with Crippen LogP contribution in [0.2, 0.25) is 0 Å². The van der Waals surface area contributed by atoms with Crippen LogP contribution in [-0.4, -0.2) is 33.3 Å². The van der Waals surface area contributed by atoms with Crippen molar-refractivity contribution in [3.63, 3.8) is 0 Å². The Kier molecular flexibility index (Phi) is 8.04. The minimum Gasteiger partial charge on any atom is -0.493 e. The first-order valence-electron chi connectivity index (χ1n) is 7.21. The van der Waals surface area contributed by atoms with Crippen LogP contribution in [0.5, 0.6) is 11.5 Å². The number of nitrogens with one attached hydrogen (secondary N) is 2. The highest BCUT2D eigenvalue weighted by atomic mass is 16.5. The Labute approximate surface area is 126 Å². The van der Waals surface area contributed by atoms with E-state index in [-0.39, 0.29) is 0 Å². The zero-order chi connectivity index (χ0) is 15.5. The van der Waals surface area contributed by atoms with Crippen LogP contribution in [0.15, 0.2) is 23.2 Å². The summed E-state index contributed by atoms with van der Waals surface area (Å²) < 4.78 is 10.5. The number of benzene rings is 1. The van der Waals surface area contributed by atoms with Crippen LogP contribution in [0.1, 0.15) is 25.3 Å². The molecule has 0 saturated heterocycles. The van der Waals surface area contributed by atoms with Crippen LogP contribution < -0.4 is 26.1 Å². The summed E-state index contributed by atoms with van der Waals surface area (Å²) in [6, 6.07) is 5.91. The Morgan fingerprint density at radius 3 is 2.62 bits per heavy atom. The molecule has 1 rings (SSSR count). The molecule has 1 aromatic rings. The Morgan fingerprint density at radius 2 is 2.00 bits per heavy atom. The molecule has 0 heterocycles. The number of methoxy groups -OCH3 is 2. The summed E-state index contributed by atoms with van der Waals surface area (Å²) in [6.07, 6.45) is 3.02. The van der Waals surface area contributed by atoms with Crippen LogP contribution in [0.4, 0.5) is 0 Å². The highest BCUT2D eigenvalue weighted by Crippen LogP contribution is 2.27. The summed E-state index contributed by atoms with van der Waals surface area (Å²) >= 11 is 0. The molecule has 0 amide bonds. The number of guanidine groups is 1. The predicted molar refractivity (Wildman–Crippen MR) is 85.8 cm³/mol. The number of nitrogens with two attached hydrogens (primary N) is 1. The average molecular weight is 294 g/mol. The Morgan fingerprint density at radius 1 is 1.24 bits per heavy atom. The van der Waals surface area contributed by atoms with E-state index in [1.807, 2.05) is 18.2 Å². The number of nitrogens with zero attached hydrogens (tertiary/aromatic N) is 1. The first kappa shape index (κ1) is 17.1. The molecule has 0 aliphatic rings. The van der Waals surface area contributed by atoms with E-state index in [1.165, 1.54) is 0 Å². The lowest BCUT2D eigenvalue weighted by atomic mass is 10.1. The molecule has 0 radical (unpaired) electrons.